The van der Waals surface area contributed by atoms with Crippen LogP contribution in [0.15, 0.2) is 11.6 Å². The number of rotatable bonds is 1. The number of cyclic esters (lactones) is 1. The van der Waals surface area contributed by atoms with Crippen LogP contribution in [-0.4, -0.2) is 48.8 Å². The number of carbonyl (C=O) groups excluding carboxylic acids is 4. The highest BCUT2D eigenvalue weighted by atomic mass is 16.8. The fourth-order valence-corrected chi connectivity index (χ4v) is 7.73. The van der Waals surface area contributed by atoms with E-state index >= 15 is 0 Å². The standard InChI is InChI=1S/C22H24O8/c1-9-13(28-10(2)23)6-21-8-27-17(25)12(21)5-4-11-15(21)20(9,3)7-14(24)22(11)16-18(29-16)30-19(22)26/h5,9,11,13,15-16,18H,4,6-8H2,1-3H3/t9-,11-,13-,15-,16-,18-,20+,21-,22-/m1/s1. The highest BCUT2D eigenvalue weighted by Crippen LogP contribution is 2.73. The molecule has 8 nitrogen and oxygen atoms in total. The summed E-state index contributed by atoms with van der Waals surface area (Å²) in [7, 11) is 0. The van der Waals surface area contributed by atoms with Crippen LogP contribution < -0.4 is 0 Å². The van der Waals surface area contributed by atoms with Gasteiger partial charge in [-0.1, -0.05) is 19.9 Å². The van der Waals surface area contributed by atoms with Gasteiger partial charge in [-0.05, 0) is 36.0 Å². The van der Waals surface area contributed by atoms with Crippen molar-refractivity contribution in [3.63, 3.8) is 0 Å². The van der Waals surface area contributed by atoms with Crippen LogP contribution in [0.25, 0.3) is 0 Å². The summed E-state index contributed by atoms with van der Waals surface area (Å²) in [5.74, 6) is -2.02. The maximum Gasteiger partial charge on any atom is 0.334 e. The first-order valence-corrected chi connectivity index (χ1v) is 10.6. The molecule has 3 heterocycles. The molecule has 0 aromatic rings. The van der Waals surface area contributed by atoms with Crippen LogP contribution in [0.1, 0.15) is 40.0 Å². The quantitative estimate of drug-likeness (QED) is 0.272. The zero-order valence-corrected chi connectivity index (χ0v) is 17.1. The van der Waals surface area contributed by atoms with Crippen molar-refractivity contribution in [3.8, 4) is 0 Å². The molecule has 3 aliphatic carbocycles. The van der Waals surface area contributed by atoms with E-state index in [1.165, 1.54) is 6.92 Å². The molecule has 6 rings (SSSR count). The second-order valence-corrected chi connectivity index (χ2v) is 10.1. The Hall–Kier alpha value is -2.22. The Bertz CT molecular complexity index is 953. The van der Waals surface area contributed by atoms with E-state index in [0.717, 1.165) is 0 Å². The van der Waals surface area contributed by atoms with Crippen molar-refractivity contribution in [1.29, 1.82) is 0 Å². The summed E-state index contributed by atoms with van der Waals surface area (Å²) in [6.07, 6.45) is 1.23. The number of hydrogen-bond acceptors (Lipinski definition) is 8. The topological polar surface area (TPSA) is 109 Å². The molecule has 8 heteroatoms. The molecule has 0 aromatic carbocycles. The molecule has 2 saturated carbocycles. The van der Waals surface area contributed by atoms with Gasteiger partial charge in [0.25, 0.3) is 0 Å². The van der Waals surface area contributed by atoms with Crippen LogP contribution >= 0.6 is 0 Å². The minimum absolute atomic E-state index is 0.121. The molecule has 3 aliphatic heterocycles. The summed E-state index contributed by atoms with van der Waals surface area (Å²) in [4.78, 5) is 51.1. The number of hydrogen-bond donors (Lipinski definition) is 0. The molecule has 0 bridgehead atoms. The number of esters is 3. The first-order valence-electron chi connectivity index (χ1n) is 10.6. The zero-order valence-electron chi connectivity index (χ0n) is 17.1. The molecule has 5 fully saturated rings. The molecule has 0 N–H and O–H groups in total. The molecular weight excluding hydrogens is 392 g/mol. The third-order valence-corrected chi connectivity index (χ3v) is 9.03. The van der Waals surface area contributed by atoms with Crippen molar-refractivity contribution in [1.82, 2.24) is 0 Å². The third kappa shape index (κ3) is 1.84. The molecular formula is C22H24O8. The van der Waals surface area contributed by atoms with E-state index < -0.39 is 40.7 Å². The van der Waals surface area contributed by atoms with Crippen LogP contribution in [0, 0.1) is 34.0 Å². The first-order chi connectivity index (χ1) is 14.2. The fraction of sp³-hybridized carbons (Fsp3) is 0.727. The summed E-state index contributed by atoms with van der Waals surface area (Å²) in [6.45, 7) is 5.58. The average molecular weight is 416 g/mol. The molecule has 30 heavy (non-hydrogen) atoms. The van der Waals surface area contributed by atoms with E-state index in [-0.39, 0.29) is 48.5 Å². The summed E-state index contributed by atoms with van der Waals surface area (Å²) < 4.78 is 22.1. The van der Waals surface area contributed by atoms with Gasteiger partial charge in [0, 0.05) is 24.3 Å². The van der Waals surface area contributed by atoms with Crippen LogP contribution in [0.4, 0.5) is 0 Å². The Labute approximate surface area is 173 Å². The smallest absolute Gasteiger partial charge is 0.334 e. The summed E-state index contributed by atoms with van der Waals surface area (Å²) >= 11 is 0. The molecule has 0 unspecified atom stereocenters. The number of allylic oxidation sites excluding steroid dienone is 1. The lowest BCUT2D eigenvalue weighted by Gasteiger charge is -2.64. The number of ketones is 1. The normalized spacial score (nSPS) is 52.6. The lowest BCUT2D eigenvalue weighted by molar-refractivity contribution is -0.210. The van der Waals surface area contributed by atoms with Crippen molar-refractivity contribution < 1.29 is 38.1 Å². The molecule has 0 aromatic heterocycles. The van der Waals surface area contributed by atoms with Gasteiger partial charge in [0.2, 0.25) is 6.29 Å². The Morgan fingerprint density at radius 2 is 2.03 bits per heavy atom. The second-order valence-electron chi connectivity index (χ2n) is 10.1. The van der Waals surface area contributed by atoms with Gasteiger partial charge in [-0.25, -0.2) is 4.79 Å². The van der Waals surface area contributed by atoms with Gasteiger partial charge in [-0.15, -0.1) is 0 Å². The number of ether oxygens (including phenoxy) is 4. The van der Waals surface area contributed by atoms with Gasteiger partial charge < -0.3 is 18.9 Å². The summed E-state index contributed by atoms with van der Waals surface area (Å²) in [5.41, 5.74) is -1.97. The van der Waals surface area contributed by atoms with Gasteiger partial charge in [-0.3, -0.25) is 14.4 Å². The zero-order chi connectivity index (χ0) is 21.2. The second kappa shape index (κ2) is 5.33. The molecule has 3 saturated heterocycles. The third-order valence-electron chi connectivity index (χ3n) is 9.03. The molecule has 2 spiro atoms. The van der Waals surface area contributed by atoms with Crippen molar-refractivity contribution in [3.05, 3.63) is 11.6 Å². The van der Waals surface area contributed by atoms with Crippen molar-refractivity contribution in [2.75, 3.05) is 6.61 Å². The van der Waals surface area contributed by atoms with Gasteiger partial charge in [-0.2, -0.15) is 0 Å². The summed E-state index contributed by atoms with van der Waals surface area (Å²) in [5, 5.41) is 0. The van der Waals surface area contributed by atoms with E-state index in [4.69, 9.17) is 18.9 Å². The van der Waals surface area contributed by atoms with Crippen molar-refractivity contribution >= 4 is 23.7 Å². The van der Waals surface area contributed by atoms with E-state index in [9.17, 15) is 19.2 Å². The monoisotopic (exact) mass is 416 g/mol. The molecule has 0 radical (unpaired) electrons. The minimum Gasteiger partial charge on any atom is -0.462 e. The lowest BCUT2D eigenvalue weighted by Crippen LogP contribution is -2.69. The van der Waals surface area contributed by atoms with Crippen molar-refractivity contribution in [2.45, 2.75) is 58.5 Å². The lowest BCUT2D eigenvalue weighted by atomic mass is 9.37. The Balaban J connectivity index is 1.56. The fourth-order valence-electron chi connectivity index (χ4n) is 7.73. The van der Waals surface area contributed by atoms with E-state index in [0.29, 0.717) is 18.4 Å². The number of fused-ring (bicyclic) bond motifs is 3. The predicted molar refractivity (Wildman–Crippen MR) is 97.3 cm³/mol. The Morgan fingerprint density at radius 3 is 2.70 bits per heavy atom. The summed E-state index contributed by atoms with van der Waals surface area (Å²) in [6, 6.07) is 0. The van der Waals surface area contributed by atoms with Crippen LogP contribution in [0.5, 0.6) is 0 Å². The van der Waals surface area contributed by atoms with E-state index in [1.807, 2.05) is 19.9 Å². The number of Topliss-reactive ketones (excluding diaryl/α,β-unsaturated/α-hetero) is 1. The number of carbonyl (C=O) groups is 4. The van der Waals surface area contributed by atoms with Gasteiger partial charge >= 0.3 is 17.9 Å². The van der Waals surface area contributed by atoms with Gasteiger partial charge in [0.1, 0.15) is 18.8 Å². The highest BCUT2D eigenvalue weighted by Gasteiger charge is 2.82. The first kappa shape index (κ1) is 18.5. The Morgan fingerprint density at radius 1 is 1.27 bits per heavy atom. The average Bonchev–Trinajstić information content (AvgIpc) is 3.26. The van der Waals surface area contributed by atoms with Crippen LogP contribution in [-0.2, 0) is 38.1 Å². The van der Waals surface area contributed by atoms with E-state index in [1.54, 1.807) is 0 Å². The SMILES string of the molecule is CC(=O)O[C@@H]1C[C@@]23COC(=O)C2=CC[C@@H]2[C@@H]3[C@@](C)(CC(=O)[C@]23C(=O)O[C@H]2O[C@H]23)[C@@H]1C. The van der Waals surface area contributed by atoms with Gasteiger partial charge in [0.15, 0.2) is 11.2 Å². The van der Waals surface area contributed by atoms with Crippen LogP contribution in [0.3, 0.4) is 0 Å². The minimum atomic E-state index is -1.32. The van der Waals surface area contributed by atoms with E-state index in [2.05, 4.69) is 0 Å². The number of epoxide rings is 1. The predicted octanol–water partition coefficient (Wildman–Crippen LogP) is 1.31. The maximum absolute atomic E-state index is 13.6. The molecule has 0 amide bonds. The largest absolute Gasteiger partial charge is 0.462 e. The van der Waals surface area contributed by atoms with Crippen LogP contribution in [0.2, 0.25) is 0 Å². The molecule has 6 aliphatic rings. The highest BCUT2D eigenvalue weighted by molar-refractivity contribution is 6.08. The van der Waals surface area contributed by atoms with Gasteiger partial charge in [0.05, 0.1) is 0 Å². The Kier molecular flexibility index (Phi) is 3.29. The van der Waals surface area contributed by atoms with Crippen molar-refractivity contribution in [2.24, 2.45) is 34.0 Å². The molecule has 9 atom stereocenters. The maximum atomic E-state index is 13.6. The molecule has 160 valence electrons.